The molecule has 1 fully saturated rings. The van der Waals surface area contributed by atoms with Crippen molar-refractivity contribution in [2.45, 2.75) is 58.9 Å². The maximum atomic E-state index is 4.73. The van der Waals surface area contributed by atoms with Gasteiger partial charge in [0.25, 0.3) is 0 Å². The highest BCUT2D eigenvalue weighted by atomic mass is 32.1. The number of rotatable bonds is 4. The molecule has 0 N–H and O–H groups in total. The van der Waals surface area contributed by atoms with Crippen molar-refractivity contribution in [3.05, 3.63) is 23.8 Å². The molecule has 0 saturated heterocycles. The van der Waals surface area contributed by atoms with Crippen LogP contribution in [0.5, 0.6) is 0 Å². The van der Waals surface area contributed by atoms with Gasteiger partial charge < -0.3 is 0 Å². The van der Waals surface area contributed by atoms with Crippen LogP contribution >= 0.6 is 12.2 Å². The predicted octanol–water partition coefficient (Wildman–Crippen LogP) is 5.20. The van der Waals surface area contributed by atoms with Crippen LogP contribution in [0.2, 0.25) is 0 Å². The Balaban J connectivity index is 2.55. The van der Waals surface area contributed by atoms with Crippen LogP contribution in [-0.2, 0) is 0 Å². The second-order valence-corrected chi connectivity index (χ2v) is 6.20. The van der Waals surface area contributed by atoms with Crippen molar-refractivity contribution >= 4 is 17.4 Å². The van der Waals surface area contributed by atoms with Crippen molar-refractivity contribution in [2.75, 3.05) is 0 Å². The van der Waals surface area contributed by atoms with E-state index in [4.69, 9.17) is 12.2 Å². The van der Waals surface area contributed by atoms with Gasteiger partial charge >= 0.3 is 0 Å². The SMILES string of the molecule is CC(=CC=CC(C)C)C1CCC(C)(N=C=S)CC1. The molecule has 0 aliphatic heterocycles. The summed E-state index contributed by atoms with van der Waals surface area (Å²) in [6, 6.07) is 0. The van der Waals surface area contributed by atoms with Gasteiger partial charge in [0.15, 0.2) is 0 Å². The summed E-state index contributed by atoms with van der Waals surface area (Å²) in [6.45, 7) is 8.85. The summed E-state index contributed by atoms with van der Waals surface area (Å²) < 4.78 is 0. The van der Waals surface area contributed by atoms with E-state index in [2.05, 4.69) is 56.1 Å². The van der Waals surface area contributed by atoms with Gasteiger partial charge in [0.1, 0.15) is 0 Å². The zero-order valence-corrected chi connectivity index (χ0v) is 12.9. The maximum absolute atomic E-state index is 4.73. The van der Waals surface area contributed by atoms with Gasteiger partial charge in [0.2, 0.25) is 0 Å². The van der Waals surface area contributed by atoms with Crippen molar-refractivity contribution < 1.29 is 0 Å². The molecule has 1 nitrogen and oxygen atoms in total. The molecule has 0 aromatic carbocycles. The van der Waals surface area contributed by atoms with Crippen LogP contribution in [0, 0.1) is 11.8 Å². The molecule has 1 saturated carbocycles. The molecule has 100 valence electrons. The fraction of sp³-hybridized carbons (Fsp3) is 0.688. The van der Waals surface area contributed by atoms with E-state index in [1.807, 2.05) is 0 Å². The Morgan fingerprint density at radius 2 is 2.00 bits per heavy atom. The topological polar surface area (TPSA) is 12.4 Å². The first-order valence-corrected chi connectivity index (χ1v) is 7.32. The number of hydrogen-bond acceptors (Lipinski definition) is 2. The molecule has 0 heterocycles. The molecule has 0 atom stereocenters. The number of nitrogens with zero attached hydrogens (tertiary/aromatic N) is 1. The molecule has 1 rings (SSSR count). The molecule has 1 aliphatic carbocycles. The molecular weight excluding hydrogens is 238 g/mol. The molecule has 0 amide bonds. The number of hydrogen-bond donors (Lipinski definition) is 0. The lowest BCUT2D eigenvalue weighted by molar-refractivity contribution is 0.277. The summed E-state index contributed by atoms with van der Waals surface area (Å²) in [5.41, 5.74) is 1.55. The van der Waals surface area contributed by atoms with E-state index in [0.717, 1.165) is 18.8 Å². The lowest BCUT2D eigenvalue weighted by Gasteiger charge is -2.33. The minimum absolute atomic E-state index is 0.0479. The van der Waals surface area contributed by atoms with Crippen LogP contribution in [0.25, 0.3) is 0 Å². The molecular formula is C16H25NS. The van der Waals surface area contributed by atoms with E-state index in [1.54, 1.807) is 0 Å². The monoisotopic (exact) mass is 263 g/mol. The summed E-state index contributed by atoms with van der Waals surface area (Å²) in [5.74, 6) is 1.34. The second-order valence-electron chi connectivity index (χ2n) is 6.01. The average Bonchev–Trinajstić information content (AvgIpc) is 2.29. The molecule has 0 aromatic heterocycles. The van der Waals surface area contributed by atoms with Crippen molar-refractivity contribution in [3.8, 4) is 0 Å². The molecule has 0 bridgehead atoms. The maximum Gasteiger partial charge on any atom is 0.0683 e. The highest BCUT2D eigenvalue weighted by Crippen LogP contribution is 2.37. The molecule has 0 spiro atoms. The first-order valence-electron chi connectivity index (χ1n) is 6.91. The summed E-state index contributed by atoms with van der Waals surface area (Å²) in [5, 5.41) is 2.55. The Hall–Kier alpha value is -0.720. The summed E-state index contributed by atoms with van der Waals surface area (Å²) in [7, 11) is 0. The largest absolute Gasteiger partial charge is 0.226 e. The van der Waals surface area contributed by atoms with Gasteiger partial charge in [-0.15, -0.1) is 0 Å². The van der Waals surface area contributed by atoms with Gasteiger partial charge in [-0.1, -0.05) is 37.6 Å². The smallest absolute Gasteiger partial charge is 0.0683 e. The Morgan fingerprint density at radius 3 is 2.50 bits per heavy atom. The Morgan fingerprint density at radius 1 is 1.39 bits per heavy atom. The first kappa shape index (κ1) is 15.3. The Bertz CT molecular complexity index is 365. The highest BCUT2D eigenvalue weighted by Gasteiger charge is 2.30. The van der Waals surface area contributed by atoms with Crippen LogP contribution in [0.1, 0.15) is 53.4 Å². The van der Waals surface area contributed by atoms with Crippen LogP contribution in [0.15, 0.2) is 28.8 Å². The van der Waals surface area contributed by atoms with E-state index in [9.17, 15) is 0 Å². The van der Waals surface area contributed by atoms with Crippen molar-refractivity contribution in [1.82, 2.24) is 0 Å². The number of thiocarbonyl (C=S) groups is 1. The second kappa shape index (κ2) is 7.01. The highest BCUT2D eigenvalue weighted by molar-refractivity contribution is 7.78. The minimum Gasteiger partial charge on any atom is -0.226 e. The molecule has 0 unspecified atom stereocenters. The van der Waals surface area contributed by atoms with E-state index < -0.39 is 0 Å². The van der Waals surface area contributed by atoms with Gasteiger partial charge in [-0.2, -0.15) is 0 Å². The Kier molecular flexibility index (Phi) is 5.98. The van der Waals surface area contributed by atoms with Crippen molar-refractivity contribution in [3.63, 3.8) is 0 Å². The normalized spacial score (nSPS) is 29.6. The van der Waals surface area contributed by atoms with E-state index >= 15 is 0 Å². The molecule has 18 heavy (non-hydrogen) atoms. The van der Waals surface area contributed by atoms with Crippen LogP contribution in [0.3, 0.4) is 0 Å². The quantitative estimate of drug-likeness (QED) is 0.386. The van der Waals surface area contributed by atoms with Gasteiger partial charge in [-0.3, -0.25) is 0 Å². The minimum atomic E-state index is 0.0479. The third-order valence-corrected chi connectivity index (χ3v) is 3.97. The van der Waals surface area contributed by atoms with Crippen LogP contribution in [-0.4, -0.2) is 10.7 Å². The zero-order chi connectivity index (χ0) is 13.6. The summed E-state index contributed by atoms with van der Waals surface area (Å²) in [6.07, 6.45) is 11.4. The van der Waals surface area contributed by atoms with E-state index in [0.29, 0.717) is 5.92 Å². The van der Waals surface area contributed by atoms with Gasteiger partial charge in [-0.05, 0) is 63.6 Å². The average molecular weight is 263 g/mol. The van der Waals surface area contributed by atoms with Gasteiger partial charge in [0, 0.05) is 0 Å². The van der Waals surface area contributed by atoms with Gasteiger partial charge in [-0.25, -0.2) is 4.99 Å². The fourth-order valence-corrected chi connectivity index (χ4v) is 2.70. The number of allylic oxidation sites excluding steroid dienone is 4. The van der Waals surface area contributed by atoms with Crippen LogP contribution < -0.4 is 0 Å². The van der Waals surface area contributed by atoms with E-state index in [-0.39, 0.29) is 5.54 Å². The number of isothiocyanates is 1. The standard InChI is InChI=1S/C16H25NS/c1-13(2)6-5-7-14(3)15-8-10-16(4,11-9-15)17-12-18/h5-7,13,15H,8-11H2,1-4H3. The van der Waals surface area contributed by atoms with Gasteiger partial charge in [0.05, 0.1) is 10.7 Å². The third kappa shape index (κ3) is 4.88. The fourth-order valence-electron chi connectivity index (χ4n) is 2.48. The third-order valence-electron chi connectivity index (χ3n) is 3.88. The zero-order valence-electron chi connectivity index (χ0n) is 12.1. The number of aliphatic imine (C=N–C) groups is 1. The molecule has 1 aliphatic rings. The summed E-state index contributed by atoms with van der Waals surface area (Å²) >= 11 is 4.73. The summed E-state index contributed by atoms with van der Waals surface area (Å²) in [4.78, 5) is 4.33. The molecule has 2 heteroatoms. The lowest BCUT2D eigenvalue weighted by atomic mass is 9.75. The molecule has 0 radical (unpaired) electrons. The predicted molar refractivity (Wildman–Crippen MR) is 83.1 cm³/mol. The first-order chi connectivity index (χ1) is 8.47. The lowest BCUT2D eigenvalue weighted by Crippen LogP contribution is -2.29. The van der Waals surface area contributed by atoms with Crippen molar-refractivity contribution in [2.24, 2.45) is 16.8 Å². The van der Waals surface area contributed by atoms with E-state index in [1.165, 1.54) is 18.4 Å². The van der Waals surface area contributed by atoms with Crippen molar-refractivity contribution in [1.29, 1.82) is 0 Å². The molecule has 0 aromatic rings. The Labute approximate surface area is 117 Å². The van der Waals surface area contributed by atoms with Crippen LogP contribution in [0.4, 0.5) is 0 Å².